The largest absolute Gasteiger partial charge is 0.489 e. The van der Waals surface area contributed by atoms with E-state index in [1.54, 1.807) is 0 Å². The molecule has 3 unspecified atom stereocenters. The molecule has 7 nitrogen and oxygen atoms in total. The predicted octanol–water partition coefficient (Wildman–Crippen LogP) is 3.92. The Morgan fingerprint density at radius 3 is 2.63 bits per heavy atom. The summed E-state index contributed by atoms with van der Waals surface area (Å²) in [5.41, 5.74) is 3.99. The summed E-state index contributed by atoms with van der Waals surface area (Å²) in [6.07, 6.45) is 2.10. The molecule has 0 saturated carbocycles. The van der Waals surface area contributed by atoms with E-state index in [0.717, 1.165) is 44.8 Å². The highest BCUT2D eigenvalue weighted by Gasteiger charge is 2.45. The molecular weight excluding hydrogens is 442 g/mol. The number of nitrogens with zero attached hydrogens (tertiary/aromatic N) is 1. The molecule has 0 radical (unpaired) electrons. The number of ether oxygens (including phenoxy) is 1. The number of imide groups is 1. The molecule has 7 heteroatoms. The average molecular weight is 474 g/mol. The number of fused-ring (bicyclic) bond motifs is 3. The highest BCUT2D eigenvalue weighted by Crippen LogP contribution is 2.38. The molecule has 2 amide bonds. The lowest BCUT2D eigenvalue weighted by Crippen LogP contribution is -2.50. The van der Waals surface area contributed by atoms with Gasteiger partial charge in [-0.1, -0.05) is 37.3 Å². The third kappa shape index (κ3) is 4.36. The number of H-pyrrole nitrogens is 1. The standard InChI is InChI=1S/C28H31N3O4/c1-3-18-9-12-23(32)31(2)28(34)24(27(18)33)26-25-20(13-14-29-26)21-15-19(10-11-22(21)30-25)35-16-17-7-5-4-6-8-17/h4-8,10-11,15,18,24,26,29-30H,3,9,12-14,16H2,1-2H3. The lowest BCUT2D eigenvalue weighted by molar-refractivity contribution is -0.152. The zero-order valence-corrected chi connectivity index (χ0v) is 20.2. The van der Waals surface area contributed by atoms with Crippen molar-refractivity contribution in [3.05, 3.63) is 65.4 Å². The number of nitrogens with one attached hydrogen (secondary N) is 2. The van der Waals surface area contributed by atoms with E-state index in [9.17, 15) is 14.4 Å². The number of rotatable bonds is 5. The quantitative estimate of drug-likeness (QED) is 0.433. The minimum absolute atomic E-state index is 0.0762. The molecular formula is C28H31N3O4. The van der Waals surface area contributed by atoms with Crippen LogP contribution in [0.4, 0.5) is 0 Å². The number of aromatic amines is 1. The second kappa shape index (κ2) is 9.66. The first-order chi connectivity index (χ1) is 17.0. The van der Waals surface area contributed by atoms with Gasteiger partial charge in [-0.3, -0.25) is 19.3 Å². The topological polar surface area (TPSA) is 91.5 Å². The van der Waals surface area contributed by atoms with Gasteiger partial charge in [0.25, 0.3) is 0 Å². The van der Waals surface area contributed by atoms with E-state index in [2.05, 4.69) is 10.3 Å². The highest BCUT2D eigenvalue weighted by molar-refractivity contribution is 6.09. The molecule has 0 aliphatic carbocycles. The fraction of sp³-hybridized carbons (Fsp3) is 0.393. The number of likely N-dealkylation sites (tertiary alicyclic amines) is 1. The van der Waals surface area contributed by atoms with E-state index in [4.69, 9.17) is 4.74 Å². The van der Waals surface area contributed by atoms with Crippen molar-refractivity contribution in [2.45, 2.75) is 45.3 Å². The summed E-state index contributed by atoms with van der Waals surface area (Å²) in [6.45, 7) is 3.07. The molecule has 1 aromatic heterocycles. The van der Waals surface area contributed by atoms with Crippen LogP contribution < -0.4 is 10.1 Å². The lowest BCUT2D eigenvalue weighted by atomic mass is 9.78. The maximum Gasteiger partial charge on any atom is 0.241 e. The van der Waals surface area contributed by atoms with Crippen LogP contribution in [0.5, 0.6) is 5.75 Å². The summed E-state index contributed by atoms with van der Waals surface area (Å²) in [5.74, 6) is -1.18. The van der Waals surface area contributed by atoms with Crippen LogP contribution >= 0.6 is 0 Å². The van der Waals surface area contributed by atoms with Crippen molar-refractivity contribution in [3.8, 4) is 5.75 Å². The van der Waals surface area contributed by atoms with Crippen molar-refractivity contribution in [3.63, 3.8) is 0 Å². The van der Waals surface area contributed by atoms with Crippen LogP contribution in [0.15, 0.2) is 48.5 Å². The zero-order valence-electron chi connectivity index (χ0n) is 20.2. The Balaban J connectivity index is 1.49. The Labute approximate surface area is 204 Å². The first-order valence-corrected chi connectivity index (χ1v) is 12.4. The number of amides is 2. The van der Waals surface area contributed by atoms with Gasteiger partial charge in [0.15, 0.2) is 0 Å². The molecule has 2 aliphatic rings. The molecule has 3 heterocycles. The summed E-state index contributed by atoms with van der Waals surface area (Å²) in [7, 11) is 1.49. The number of benzene rings is 2. The first kappa shape index (κ1) is 23.3. The SMILES string of the molecule is CCC1CCC(=O)N(C)C(=O)C(C2NCCc3c2[nH]c2ccc(OCc4ccccc4)cc32)C1=O. The van der Waals surface area contributed by atoms with Gasteiger partial charge in [-0.05, 0) is 55.1 Å². The normalized spacial score (nSPS) is 23.2. The number of hydrogen-bond donors (Lipinski definition) is 2. The van der Waals surface area contributed by atoms with Crippen molar-refractivity contribution in [2.75, 3.05) is 13.6 Å². The van der Waals surface area contributed by atoms with Crippen LogP contribution in [0.3, 0.4) is 0 Å². The number of ketones is 1. The van der Waals surface area contributed by atoms with Crippen LogP contribution in [-0.4, -0.2) is 41.1 Å². The lowest BCUT2D eigenvalue weighted by Gasteiger charge is -2.35. The Morgan fingerprint density at radius 1 is 1.06 bits per heavy atom. The third-order valence-corrected chi connectivity index (χ3v) is 7.42. The molecule has 0 spiro atoms. The molecule has 1 saturated heterocycles. The second-order valence-electron chi connectivity index (χ2n) is 9.50. The summed E-state index contributed by atoms with van der Waals surface area (Å²) >= 11 is 0. The van der Waals surface area contributed by atoms with E-state index in [1.807, 2.05) is 55.5 Å². The van der Waals surface area contributed by atoms with Crippen molar-refractivity contribution in [2.24, 2.45) is 11.8 Å². The fourth-order valence-electron chi connectivity index (χ4n) is 5.38. The molecule has 35 heavy (non-hydrogen) atoms. The van der Waals surface area contributed by atoms with Gasteiger partial charge >= 0.3 is 0 Å². The molecule has 2 aromatic carbocycles. The Kier molecular flexibility index (Phi) is 6.43. The van der Waals surface area contributed by atoms with Gasteiger partial charge in [-0.2, -0.15) is 0 Å². The molecule has 0 bridgehead atoms. The maximum absolute atomic E-state index is 13.6. The van der Waals surface area contributed by atoms with Gasteiger partial charge < -0.3 is 15.0 Å². The molecule has 182 valence electrons. The summed E-state index contributed by atoms with van der Waals surface area (Å²) in [4.78, 5) is 44.1. The van der Waals surface area contributed by atoms with E-state index >= 15 is 0 Å². The van der Waals surface area contributed by atoms with Crippen molar-refractivity contribution in [1.29, 1.82) is 0 Å². The van der Waals surface area contributed by atoms with Gasteiger partial charge in [-0.25, -0.2) is 0 Å². The monoisotopic (exact) mass is 473 g/mol. The summed E-state index contributed by atoms with van der Waals surface area (Å²) < 4.78 is 6.04. The predicted molar refractivity (Wildman–Crippen MR) is 133 cm³/mol. The van der Waals surface area contributed by atoms with Crippen molar-refractivity contribution < 1.29 is 19.1 Å². The molecule has 3 aromatic rings. The number of aromatic nitrogens is 1. The van der Waals surface area contributed by atoms with Gasteiger partial charge in [0.05, 0.1) is 6.04 Å². The molecule has 1 fully saturated rings. The van der Waals surface area contributed by atoms with E-state index in [-0.39, 0.29) is 24.0 Å². The molecule has 5 rings (SSSR count). The summed E-state index contributed by atoms with van der Waals surface area (Å²) in [5, 5.41) is 4.46. The van der Waals surface area contributed by atoms with Gasteiger partial charge in [0, 0.05) is 36.0 Å². The Bertz CT molecular complexity index is 1270. The van der Waals surface area contributed by atoms with Gasteiger partial charge in [0.1, 0.15) is 24.1 Å². The van der Waals surface area contributed by atoms with Crippen LogP contribution in [0.2, 0.25) is 0 Å². The highest BCUT2D eigenvalue weighted by atomic mass is 16.5. The van der Waals surface area contributed by atoms with Gasteiger partial charge in [0.2, 0.25) is 11.8 Å². The van der Waals surface area contributed by atoms with Gasteiger partial charge in [-0.15, -0.1) is 0 Å². The Morgan fingerprint density at radius 2 is 1.86 bits per heavy atom. The smallest absolute Gasteiger partial charge is 0.241 e. The number of carbonyl (C=O) groups is 3. The molecule has 2 N–H and O–H groups in total. The van der Waals surface area contributed by atoms with E-state index in [1.165, 1.54) is 7.05 Å². The van der Waals surface area contributed by atoms with Crippen LogP contribution in [-0.2, 0) is 27.4 Å². The van der Waals surface area contributed by atoms with Crippen molar-refractivity contribution in [1.82, 2.24) is 15.2 Å². The minimum atomic E-state index is -0.935. The number of Topliss-reactive ketones (excluding diaryl/α,β-unsaturated/α-hetero) is 1. The number of carbonyl (C=O) groups excluding carboxylic acids is 3. The van der Waals surface area contributed by atoms with Crippen LogP contribution in [0.25, 0.3) is 10.9 Å². The minimum Gasteiger partial charge on any atom is -0.489 e. The first-order valence-electron chi connectivity index (χ1n) is 12.4. The van der Waals surface area contributed by atoms with Crippen molar-refractivity contribution >= 4 is 28.5 Å². The Hall–Kier alpha value is -3.45. The van der Waals surface area contributed by atoms with Crippen LogP contribution in [0.1, 0.15) is 49.0 Å². The maximum atomic E-state index is 13.6. The average Bonchev–Trinajstić information content (AvgIpc) is 3.26. The molecule has 3 atom stereocenters. The second-order valence-corrected chi connectivity index (χ2v) is 9.50. The number of hydrogen-bond acceptors (Lipinski definition) is 5. The zero-order chi connectivity index (χ0) is 24.5. The van der Waals surface area contributed by atoms with E-state index in [0.29, 0.717) is 26.0 Å². The summed E-state index contributed by atoms with van der Waals surface area (Å²) in [6, 6.07) is 15.5. The van der Waals surface area contributed by atoms with Crippen LogP contribution in [0, 0.1) is 11.8 Å². The third-order valence-electron chi connectivity index (χ3n) is 7.42. The fourth-order valence-corrected chi connectivity index (χ4v) is 5.38. The molecule has 2 aliphatic heterocycles. The van der Waals surface area contributed by atoms with E-state index < -0.39 is 17.9 Å².